The third-order valence-corrected chi connectivity index (χ3v) is 4.55. The van der Waals surface area contributed by atoms with Crippen LogP contribution in [0.15, 0.2) is 46.9 Å². The molecule has 2 aromatic rings. The lowest BCUT2D eigenvalue weighted by molar-refractivity contribution is -0.384. The van der Waals surface area contributed by atoms with E-state index in [-0.39, 0.29) is 22.7 Å². The molecule has 0 saturated carbocycles. The Morgan fingerprint density at radius 3 is 2.59 bits per heavy atom. The van der Waals surface area contributed by atoms with E-state index in [2.05, 4.69) is 5.32 Å². The summed E-state index contributed by atoms with van der Waals surface area (Å²) in [5, 5.41) is 13.9. The van der Waals surface area contributed by atoms with E-state index < -0.39 is 16.4 Å². The summed E-state index contributed by atoms with van der Waals surface area (Å²) in [5.74, 6) is -0.161. The maximum atomic E-state index is 12.4. The fourth-order valence-corrected chi connectivity index (χ4v) is 3.04. The molecule has 2 heterocycles. The molecule has 0 unspecified atom stereocenters. The molecule has 0 radical (unpaired) electrons. The minimum absolute atomic E-state index is 0.0452. The molecule has 1 aromatic carbocycles. The van der Waals surface area contributed by atoms with Crippen molar-refractivity contribution < 1.29 is 14.5 Å². The van der Waals surface area contributed by atoms with Gasteiger partial charge < -0.3 is 10.1 Å². The average molecular weight is 369 g/mol. The van der Waals surface area contributed by atoms with Crippen LogP contribution < -0.4 is 15.6 Å². The van der Waals surface area contributed by atoms with Crippen LogP contribution in [0, 0.1) is 10.1 Å². The zero-order valence-electron chi connectivity index (χ0n) is 15.4. The number of hydrogen-bond acceptors (Lipinski definition) is 5. The largest absolute Gasteiger partial charge is 0.482 e. The zero-order chi connectivity index (χ0) is 19.9. The maximum absolute atomic E-state index is 12.4. The Morgan fingerprint density at radius 1 is 1.30 bits per heavy atom. The Kier molecular flexibility index (Phi) is 4.35. The van der Waals surface area contributed by atoms with Crippen LogP contribution in [0.5, 0.6) is 5.75 Å². The van der Waals surface area contributed by atoms with Crippen LogP contribution in [0.25, 0.3) is 5.70 Å². The number of amides is 1. The monoisotopic (exact) mass is 369 g/mol. The quantitative estimate of drug-likeness (QED) is 0.661. The van der Waals surface area contributed by atoms with Crippen molar-refractivity contribution in [1.82, 2.24) is 4.57 Å². The van der Waals surface area contributed by atoms with Gasteiger partial charge in [0.05, 0.1) is 16.7 Å². The number of hydrogen-bond donors (Lipinski definition) is 1. The predicted octanol–water partition coefficient (Wildman–Crippen LogP) is 3.17. The van der Waals surface area contributed by atoms with Crippen LogP contribution in [0.1, 0.15) is 33.3 Å². The summed E-state index contributed by atoms with van der Waals surface area (Å²) in [5.41, 5.74) is 0.604. The molecule has 1 aliphatic heterocycles. The number of carbonyl (C=O) groups excluding carboxylic acids is 1. The number of pyridine rings is 1. The Bertz CT molecular complexity index is 1050. The molecule has 1 aliphatic rings. The number of nitro benzene ring substituents is 1. The highest BCUT2D eigenvalue weighted by Gasteiger charge is 2.35. The Hall–Kier alpha value is -3.42. The van der Waals surface area contributed by atoms with Gasteiger partial charge in [-0.25, -0.2) is 0 Å². The number of anilines is 1. The van der Waals surface area contributed by atoms with Gasteiger partial charge in [-0.3, -0.25) is 24.3 Å². The topological polar surface area (TPSA) is 103 Å². The molecular formula is C19H19N3O5. The van der Waals surface area contributed by atoms with Crippen molar-refractivity contribution in [2.75, 3.05) is 5.32 Å². The number of carbonyl (C=O) groups is 1. The van der Waals surface area contributed by atoms with Crippen LogP contribution >= 0.6 is 0 Å². The standard InChI is InChI=1S/C19H19N3O5/c1-11-18(21-8-6-5-7-17(21)24)13-9-14(20-12(2)23)15(22(25)26)10-16(13)27-19(11,3)4/h5-10H,1-4H3,(H,20,23). The molecule has 1 N–H and O–H groups in total. The summed E-state index contributed by atoms with van der Waals surface area (Å²) in [6.45, 7) is 6.77. The lowest BCUT2D eigenvalue weighted by atomic mass is 9.90. The summed E-state index contributed by atoms with van der Waals surface area (Å²) >= 11 is 0. The second-order valence-electron chi connectivity index (χ2n) is 6.80. The number of rotatable bonds is 3. The maximum Gasteiger partial charge on any atom is 0.296 e. The van der Waals surface area contributed by atoms with Gasteiger partial charge in [0.25, 0.3) is 11.2 Å². The van der Waals surface area contributed by atoms with Gasteiger partial charge in [-0.15, -0.1) is 0 Å². The first kappa shape index (κ1) is 18.4. The molecule has 140 valence electrons. The predicted molar refractivity (Wildman–Crippen MR) is 101 cm³/mol. The normalized spacial score (nSPS) is 15.0. The van der Waals surface area contributed by atoms with Crippen molar-refractivity contribution in [2.45, 2.75) is 33.3 Å². The van der Waals surface area contributed by atoms with Gasteiger partial charge in [-0.2, -0.15) is 0 Å². The number of ether oxygens (including phenoxy) is 1. The first-order valence-corrected chi connectivity index (χ1v) is 8.30. The molecule has 8 nitrogen and oxygen atoms in total. The Balaban J connectivity index is 2.36. The Morgan fingerprint density at radius 2 is 2.00 bits per heavy atom. The van der Waals surface area contributed by atoms with Crippen LogP contribution in [-0.2, 0) is 4.79 Å². The molecule has 27 heavy (non-hydrogen) atoms. The van der Waals surface area contributed by atoms with Gasteiger partial charge in [0.15, 0.2) is 0 Å². The van der Waals surface area contributed by atoms with E-state index in [9.17, 15) is 19.7 Å². The van der Waals surface area contributed by atoms with Crippen molar-refractivity contribution in [3.63, 3.8) is 0 Å². The van der Waals surface area contributed by atoms with Crippen molar-refractivity contribution in [3.8, 4) is 5.75 Å². The highest BCUT2D eigenvalue weighted by Crippen LogP contribution is 2.44. The molecule has 8 heteroatoms. The molecule has 0 spiro atoms. The van der Waals surface area contributed by atoms with E-state index >= 15 is 0 Å². The van der Waals surface area contributed by atoms with E-state index in [0.29, 0.717) is 11.3 Å². The minimum Gasteiger partial charge on any atom is -0.482 e. The molecule has 3 rings (SSSR count). The molecule has 0 atom stereocenters. The SMILES string of the molecule is CC(=O)Nc1cc2c(cc1[N+](=O)[O-])OC(C)(C)C(C)=C2n1ccccc1=O. The first-order chi connectivity index (χ1) is 12.6. The van der Waals surface area contributed by atoms with Crippen LogP contribution in [0.2, 0.25) is 0 Å². The van der Waals surface area contributed by atoms with Gasteiger partial charge in [0, 0.05) is 24.8 Å². The average Bonchev–Trinajstić information content (AvgIpc) is 2.56. The first-order valence-electron chi connectivity index (χ1n) is 8.30. The molecule has 0 saturated heterocycles. The van der Waals surface area contributed by atoms with E-state index in [0.717, 1.165) is 5.57 Å². The van der Waals surface area contributed by atoms with Crippen molar-refractivity contribution in [1.29, 1.82) is 0 Å². The molecule has 1 aromatic heterocycles. The highest BCUT2D eigenvalue weighted by molar-refractivity contribution is 5.93. The highest BCUT2D eigenvalue weighted by atomic mass is 16.6. The summed E-state index contributed by atoms with van der Waals surface area (Å²) in [7, 11) is 0. The summed E-state index contributed by atoms with van der Waals surface area (Å²) in [6, 6.07) is 7.55. The Labute approximate surface area is 155 Å². The fourth-order valence-electron chi connectivity index (χ4n) is 3.04. The van der Waals surface area contributed by atoms with Gasteiger partial charge in [0.2, 0.25) is 5.91 Å². The number of aromatic nitrogens is 1. The van der Waals surface area contributed by atoms with Crippen molar-refractivity contribution >= 4 is 23.0 Å². The number of nitro groups is 1. The van der Waals surface area contributed by atoms with E-state index in [1.54, 1.807) is 18.3 Å². The lowest BCUT2D eigenvalue weighted by Gasteiger charge is -2.36. The van der Waals surface area contributed by atoms with Gasteiger partial charge >= 0.3 is 0 Å². The molecule has 0 fully saturated rings. The number of benzene rings is 1. The second kappa shape index (κ2) is 6.39. The van der Waals surface area contributed by atoms with Crippen LogP contribution in [0.3, 0.4) is 0 Å². The summed E-state index contributed by atoms with van der Waals surface area (Å²) < 4.78 is 7.46. The smallest absolute Gasteiger partial charge is 0.296 e. The number of nitrogens with one attached hydrogen (secondary N) is 1. The number of nitrogens with zero attached hydrogens (tertiary/aromatic N) is 2. The third-order valence-electron chi connectivity index (χ3n) is 4.55. The van der Waals surface area contributed by atoms with Crippen LogP contribution in [0.4, 0.5) is 11.4 Å². The van der Waals surface area contributed by atoms with Gasteiger partial charge in [-0.1, -0.05) is 6.07 Å². The van der Waals surface area contributed by atoms with Crippen LogP contribution in [-0.4, -0.2) is 21.0 Å². The van der Waals surface area contributed by atoms with Gasteiger partial charge in [0.1, 0.15) is 17.0 Å². The molecule has 0 aliphatic carbocycles. The van der Waals surface area contributed by atoms with E-state index in [1.165, 1.54) is 29.7 Å². The summed E-state index contributed by atoms with van der Waals surface area (Å²) in [4.78, 5) is 34.8. The summed E-state index contributed by atoms with van der Waals surface area (Å²) in [6.07, 6.45) is 1.63. The second-order valence-corrected chi connectivity index (χ2v) is 6.80. The van der Waals surface area contributed by atoms with E-state index in [4.69, 9.17) is 4.74 Å². The van der Waals surface area contributed by atoms with Gasteiger partial charge in [-0.05, 0) is 38.5 Å². The zero-order valence-corrected chi connectivity index (χ0v) is 15.4. The molecular weight excluding hydrogens is 350 g/mol. The molecule has 1 amide bonds. The minimum atomic E-state index is -0.777. The van der Waals surface area contributed by atoms with E-state index in [1.807, 2.05) is 20.8 Å². The third kappa shape index (κ3) is 3.21. The number of fused-ring (bicyclic) bond motifs is 1. The molecule has 0 bridgehead atoms. The fraction of sp³-hybridized carbons (Fsp3) is 0.263. The lowest BCUT2D eigenvalue weighted by Crippen LogP contribution is -2.36. The van der Waals surface area contributed by atoms with Crippen molar-refractivity contribution in [3.05, 3.63) is 68.1 Å². The van der Waals surface area contributed by atoms with Crippen molar-refractivity contribution in [2.24, 2.45) is 0 Å².